The molecule has 0 aliphatic heterocycles. The average molecular weight is 267 g/mol. The first-order chi connectivity index (χ1) is 7.15. The van der Waals surface area contributed by atoms with Gasteiger partial charge in [0.05, 0.1) is 0 Å². The van der Waals surface area contributed by atoms with E-state index >= 15 is 0 Å². The third kappa shape index (κ3) is 3.83. The van der Waals surface area contributed by atoms with E-state index in [0.29, 0.717) is 5.92 Å². The maximum absolute atomic E-state index is 3.57. The summed E-state index contributed by atoms with van der Waals surface area (Å²) in [6.07, 6.45) is 6.81. The van der Waals surface area contributed by atoms with Crippen LogP contribution in [0.15, 0.2) is 34.8 Å². The molecule has 1 atom stereocenters. The fourth-order valence-electron chi connectivity index (χ4n) is 1.66. The minimum Gasteiger partial charge on any atom is -0.0885 e. The molecule has 1 unspecified atom stereocenters. The molecule has 0 radical (unpaired) electrons. The minimum absolute atomic E-state index is 0.623. The van der Waals surface area contributed by atoms with Gasteiger partial charge in [-0.05, 0) is 42.9 Å². The average Bonchev–Trinajstić information content (AvgIpc) is 2.22. The molecule has 1 rings (SSSR count). The van der Waals surface area contributed by atoms with Gasteiger partial charge in [-0.15, -0.1) is 0 Å². The van der Waals surface area contributed by atoms with Crippen LogP contribution in [0.4, 0.5) is 0 Å². The lowest BCUT2D eigenvalue weighted by molar-refractivity contribution is 0.717. The number of halogens is 1. The van der Waals surface area contributed by atoms with Crippen LogP contribution in [0.25, 0.3) is 0 Å². The predicted octanol–water partition coefficient (Wildman–Crippen LogP) is 4.90. The normalized spacial score (nSPS) is 13.3. The van der Waals surface area contributed by atoms with E-state index in [4.69, 9.17) is 0 Å². The summed E-state index contributed by atoms with van der Waals surface area (Å²) in [5, 5.41) is 0. The van der Waals surface area contributed by atoms with Gasteiger partial charge in [0.15, 0.2) is 0 Å². The highest BCUT2D eigenvalue weighted by atomic mass is 79.9. The first-order valence-corrected chi connectivity index (χ1v) is 6.35. The second-order valence-electron chi connectivity index (χ2n) is 4.04. The Bertz CT molecular complexity index is 339. The number of rotatable bonds is 4. The Morgan fingerprint density at radius 2 is 2.13 bits per heavy atom. The molecule has 0 spiro atoms. The molecule has 15 heavy (non-hydrogen) atoms. The molecular formula is C14H19Br. The van der Waals surface area contributed by atoms with Crippen LogP contribution in [-0.4, -0.2) is 0 Å². The van der Waals surface area contributed by atoms with E-state index < -0.39 is 0 Å². The predicted molar refractivity (Wildman–Crippen MR) is 71.2 cm³/mol. The molecule has 0 aromatic heterocycles. The molecule has 1 heteroatoms. The van der Waals surface area contributed by atoms with Gasteiger partial charge in [0, 0.05) is 4.47 Å². The van der Waals surface area contributed by atoms with Crippen LogP contribution in [0.3, 0.4) is 0 Å². The quantitative estimate of drug-likeness (QED) is 0.680. The Labute approximate surface area is 102 Å². The fraction of sp³-hybridized carbons (Fsp3) is 0.429. The van der Waals surface area contributed by atoms with Crippen molar-refractivity contribution in [1.82, 2.24) is 0 Å². The van der Waals surface area contributed by atoms with Crippen molar-refractivity contribution in [1.29, 1.82) is 0 Å². The summed E-state index contributed by atoms with van der Waals surface area (Å²) in [7, 11) is 0. The van der Waals surface area contributed by atoms with Crippen LogP contribution < -0.4 is 0 Å². The maximum atomic E-state index is 3.57. The smallest absolute Gasteiger partial charge is 0.0207 e. The highest BCUT2D eigenvalue weighted by Crippen LogP contribution is 2.22. The van der Waals surface area contributed by atoms with Gasteiger partial charge in [0.2, 0.25) is 0 Å². The van der Waals surface area contributed by atoms with Crippen LogP contribution in [-0.2, 0) is 6.42 Å². The van der Waals surface area contributed by atoms with Crippen molar-refractivity contribution >= 4 is 15.9 Å². The Morgan fingerprint density at radius 1 is 1.40 bits per heavy atom. The van der Waals surface area contributed by atoms with Crippen molar-refractivity contribution in [2.75, 3.05) is 0 Å². The Balaban J connectivity index is 2.72. The molecule has 0 heterocycles. The molecule has 82 valence electrons. The van der Waals surface area contributed by atoms with Crippen molar-refractivity contribution in [3.63, 3.8) is 0 Å². The molecule has 1 aromatic carbocycles. The van der Waals surface area contributed by atoms with Crippen molar-refractivity contribution in [2.45, 2.75) is 33.6 Å². The largest absolute Gasteiger partial charge is 0.0885 e. The zero-order valence-electron chi connectivity index (χ0n) is 9.76. The zero-order chi connectivity index (χ0) is 11.3. The molecule has 0 N–H and O–H groups in total. The van der Waals surface area contributed by atoms with Gasteiger partial charge in [0.25, 0.3) is 0 Å². The van der Waals surface area contributed by atoms with E-state index in [1.165, 1.54) is 15.6 Å². The lowest BCUT2D eigenvalue weighted by atomic mass is 9.97. The van der Waals surface area contributed by atoms with E-state index in [-0.39, 0.29) is 0 Å². The summed E-state index contributed by atoms with van der Waals surface area (Å²) >= 11 is 3.57. The van der Waals surface area contributed by atoms with Gasteiger partial charge >= 0.3 is 0 Å². The highest BCUT2D eigenvalue weighted by molar-refractivity contribution is 9.10. The van der Waals surface area contributed by atoms with Crippen molar-refractivity contribution in [2.24, 2.45) is 5.92 Å². The van der Waals surface area contributed by atoms with Gasteiger partial charge in [-0.25, -0.2) is 0 Å². The van der Waals surface area contributed by atoms with E-state index in [2.05, 4.69) is 67.1 Å². The van der Waals surface area contributed by atoms with Crippen LogP contribution in [0.5, 0.6) is 0 Å². The Morgan fingerprint density at radius 3 is 2.80 bits per heavy atom. The maximum Gasteiger partial charge on any atom is 0.0207 e. The zero-order valence-corrected chi connectivity index (χ0v) is 11.3. The molecule has 0 amide bonds. The second-order valence-corrected chi connectivity index (χ2v) is 4.90. The van der Waals surface area contributed by atoms with Gasteiger partial charge in [-0.2, -0.15) is 0 Å². The van der Waals surface area contributed by atoms with E-state index in [1.807, 2.05) is 0 Å². The molecule has 0 fully saturated rings. The monoisotopic (exact) mass is 266 g/mol. The number of hydrogen-bond donors (Lipinski definition) is 0. The SMILES string of the molecule is CC/C=C\C(C)Cc1cccc(Br)c1C. The molecule has 1 aromatic rings. The lowest BCUT2D eigenvalue weighted by Gasteiger charge is -2.10. The molecule has 0 saturated heterocycles. The summed E-state index contributed by atoms with van der Waals surface area (Å²) < 4.78 is 1.21. The fourth-order valence-corrected chi connectivity index (χ4v) is 2.06. The molecule has 0 aliphatic carbocycles. The summed E-state index contributed by atoms with van der Waals surface area (Å²) in [5.41, 5.74) is 2.81. The molecule has 0 nitrogen and oxygen atoms in total. The third-order valence-corrected chi connectivity index (χ3v) is 3.48. The molecule has 0 saturated carbocycles. The summed E-state index contributed by atoms with van der Waals surface area (Å²) in [6, 6.07) is 6.43. The first-order valence-electron chi connectivity index (χ1n) is 5.55. The molecule has 0 bridgehead atoms. The van der Waals surface area contributed by atoms with Gasteiger partial charge in [-0.3, -0.25) is 0 Å². The minimum atomic E-state index is 0.623. The van der Waals surface area contributed by atoms with Gasteiger partial charge in [-0.1, -0.05) is 54.1 Å². The Hall–Kier alpha value is -0.560. The molecular weight excluding hydrogens is 248 g/mol. The van der Waals surface area contributed by atoms with E-state index in [9.17, 15) is 0 Å². The van der Waals surface area contributed by atoms with Crippen LogP contribution >= 0.6 is 15.9 Å². The summed E-state index contributed by atoms with van der Waals surface area (Å²) in [4.78, 5) is 0. The van der Waals surface area contributed by atoms with Crippen molar-refractivity contribution < 1.29 is 0 Å². The van der Waals surface area contributed by atoms with Crippen molar-refractivity contribution in [3.8, 4) is 0 Å². The highest BCUT2D eigenvalue weighted by Gasteiger charge is 2.04. The van der Waals surface area contributed by atoms with Crippen LogP contribution in [0, 0.1) is 12.8 Å². The van der Waals surface area contributed by atoms with E-state index in [1.54, 1.807) is 0 Å². The number of hydrogen-bond acceptors (Lipinski definition) is 0. The molecule has 0 aliphatic rings. The van der Waals surface area contributed by atoms with Crippen LogP contribution in [0.1, 0.15) is 31.4 Å². The van der Waals surface area contributed by atoms with Crippen LogP contribution in [0.2, 0.25) is 0 Å². The number of allylic oxidation sites excluding steroid dienone is 2. The van der Waals surface area contributed by atoms with E-state index in [0.717, 1.165) is 12.8 Å². The van der Waals surface area contributed by atoms with Crippen molar-refractivity contribution in [3.05, 3.63) is 46.0 Å². The first kappa shape index (κ1) is 12.5. The summed E-state index contributed by atoms with van der Waals surface area (Å²) in [5.74, 6) is 0.623. The lowest BCUT2D eigenvalue weighted by Crippen LogP contribution is -1.98. The van der Waals surface area contributed by atoms with Gasteiger partial charge in [0.1, 0.15) is 0 Å². The third-order valence-electron chi connectivity index (χ3n) is 2.62. The summed E-state index contributed by atoms with van der Waals surface area (Å²) in [6.45, 7) is 6.62. The Kier molecular flexibility index (Phi) is 5.10. The standard InChI is InChI=1S/C14H19Br/c1-4-5-7-11(2)10-13-8-6-9-14(15)12(13)3/h5-9,11H,4,10H2,1-3H3/b7-5-. The topological polar surface area (TPSA) is 0 Å². The second kappa shape index (κ2) is 6.12. The number of benzene rings is 1. The van der Waals surface area contributed by atoms with Gasteiger partial charge < -0.3 is 0 Å².